The Hall–Kier alpha value is -3.42. The molecule has 2 heterocycles. The van der Waals surface area contributed by atoms with Crippen molar-refractivity contribution in [2.24, 2.45) is 0 Å². The van der Waals surface area contributed by atoms with Gasteiger partial charge in [-0.1, -0.05) is 83.8 Å². The van der Waals surface area contributed by atoms with E-state index in [9.17, 15) is 4.79 Å². The third-order valence-electron chi connectivity index (χ3n) is 4.65. The molecule has 0 bridgehead atoms. The number of hydrogen-bond acceptors (Lipinski definition) is 5. The number of para-hydroxylation sites is 2. The highest BCUT2D eigenvalue weighted by Gasteiger charge is 2.14. The molecule has 0 atom stereocenters. The minimum atomic E-state index is -0.104. The Morgan fingerprint density at radius 1 is 0.903 bits per heavy atom. The molecular formula is C24H18N4OS2. The van der Waals surface area contributed by atoms with E-state index in [1.807, 2.05) is 95.7 Å². The van der Waals surface area contributed by atoms with Gasteiger partial charge in [-0.2, -0.15) is 0 Å². The molecule has 0 aliphatic rings. The number of aromatic nitrogens is 3. The minimum Gasteiger partial charge on any atom is -0.301 e. The van der Waals surface area contributed by atoms with Crippen LogP contribution in [-0.2, 0) is 4.79 Å². The number of rotatable bonds is 6. The summed E-state index contributed by atoms with van der Waals surface area (Å²) in [7, 11) is 0. The highest BCUT2D eigenvalue weighted by atomic mass is 32.2. The highest BCUT2D eigenvalue weighted by Crippen LogP contribution is 2.28. The lowest BCUT2D eigenvalue weighted by molar-refractivity contribution is -0.113. The molecule has 0 aliphatic heterocycles. The van der Waals surface area contributed by atoms with Gasteiger partial charge < -0.3 is 5.32 Å². The first-order valence-corrected chi connectivity index (χ1v) is 11.5. The Balaban J connectivity index is 1.36. The lowest BCUT2D eigenvalue weighted by atomic mass is 10.2. The number of nitrogens with zero attached hydrogens (tertiary/aromatic N) is 3. The smallest absolute Gasteiger partial charge is 0.236 e. The third kappa shape index (κ3) is 4.38. The molecule has 5 nitrogen and oxygen atoms in total. The fraction of sp³-hybridized carbons (Fsp3) is 0.0417. The topological polar surface area (TPSA) is 59.8 Å². The molecule has 0 spiro atoms. The van der Waals surface area contributed by atoms with Crippen molar-refractivity contribution in [1.29, 1.82) is 0 Å². The van der Waals surface area contributed by atoms with Crippen LogP contribution < -0.4 is 5.32 Å². The predicted octanol–water partition coefficient (Wildman–Crippen LogP) is 5.88. The van der Waals surface area contributed by atoms with Crippen molar-refractivity contribution < 1.29 is 4.79 Å². The Bertz CT molecular complexity index is 1300. The van der Waals surface area contributed by atoms with Crippen LogP contribution in [0.15, 0.2) is 96.3 Å². The molecular weight excluding hydrogens is 424 g/mol. The zero-order chi connectivity index (χ0) is 21.0. The van der Waals surface area contributed by atoms with Crippen molar-refractivity contribution in [3.05, 3.63) is 91.1 Å². The van der Waals surface area contributed by atoms with Crippen molar-refractivity contribution in [2.75, 3.05) is 11.1 Å². The van der Waals surface area contributed by atoms with Gasteiger partial charge in [0.25, 0.3) is 0 Å². The lowest BCUT2D eigenvalue weighted by Gasteiger charge is -2.06. The second kappa shape index (κ2) is 8.75. The maximum absolute atomic E-state index is 12.6. The van der Waals surface area contributed by atoms with E-state index in [0.717, 1.165) is 32.3 Å². The number of fused-ring (bicyclic) bond motifs is 1. The first-order valence-electron chi connectivity index (χ1n) is 9.75. The fourth-order valence-corrected chi connectivity index (χ4v) is 4.87. The van der Waals surface area contributed by atoms with Gasteiger partial charge in [0.15, 0.2) is 10.3 Å². The SMILES string of the molecule is O=C(CSc1nc(-c2ccccc2)cn1-c1ccccc1)Nc1nc2ccccc2s1. The van der Waals surface area contributed by atoms with Crippen molar-refractivity contribution in [1.82, 2.24) is 14.5 Å². The summed E-state index contributed by atoms with van der Waals surface area (Å²) in [6.45, 7) is 0. The maximum atomic E-state index is 12.6. The van der Waals surface area contributed by atoms with Gasteiger partial charge in [-0.05, 0) is 24.3 Å². The molecule has 1 amide bonds. The molecule has 0 fully saturated rings. The van der Waals surface area contributed by atoms with Crippen LogP contribution >= 0.6 is 23.1 Å². The van der Waals surface area contributed by atoms with Crippen LogP contribution in [-0.4, -0.2) is 26.2 Å². The third-order valence-corrected chi connectivity index (χ3v) is 6.55. The molecule has 7 heteroatoms. The number of nitrogens with one attached hydrogen (secondary N) is 1. The van der Waals surface area contributed by atoms with Gasteiger partial charge in [0.05, 0.1) is 21.7 Å². The van der Waals surface area contributed by atoms with E-state index in [4.69, 9.17) is 4.98 Å². The highest BCUT2D eigenvalue weighted by molar-refractivity contribution is 7.99. The Labute approximate surface area is 187 Å². The Morgan fingerprint density at radius 3 is 2.39 bits per heavy atom. The lowest BCUT2D eigenvalue weighted by Crippen LogP contribution is -2.14. The van der Waals surface area contributed by atoms with Crippen LogP contribution in [0.25, 0.3) is 27.2 Å². The van der Waals surface area contributed by atoms with Crippen LogP contribution in [0.5, 0.6) is 0 Å². The van der Waals surface area contributed by atoms with Gasteiger partial charge in [-0.25, -0.2) is 9.97 Å². The number of amides is 1. The van der Waals surface area contributed by atoms with Gasteiger partial charge in [0.1, 0.15) is 0 Å². The van der Waals surface area contributed by atoms with Crippen molar-refractivity contribution in [3.63, 3.8) is 0 Å². The number of anilines is 1. The number of hydrogen-bond donors (Lipinski definition) is 1. The summed E-state index contributed by atoms with van der Waals surface area (Å²) in [5, 5.41) is 4.29. The van der Waals surface area contributed by atoms with E-state index in [0.29, 0.717) is 5.13 Å². The molecule has 0 saturated carbocycles. The zero-order valence-electron chi connectivity index (χ0n) is 16.4. The summed E-state index contributed by atoms with van der Waals surface area (Å²) >= 11 is 2.88. The van der Waals surface area contributed by atoms with Crippen LogP contribution in [0.3, 0.4) is 0 Å². The monoisotopic (exact) mass is 442 g/mol. The first kappa shape index (κ1) is 19.5. The summed E-state index contributed by atoms with van der Waals surface area (Å²) in [4.78, 5) is 21.9. The number of carbonyl (C=O) groups is 1. The van der Waals surface area contributed by atoms with Gasteiger partial charge in [0.2, 0.25) is 5.91 Å². The van der Waals surface area contributed by atoms with Crippen molar-refractivity contribution >= 4 is 44.4 Å². The molecule has 1 N–H and O–H groups in total. The first-order chi connectivity index (χ1) is 15.3. The van der Waals surface area contributed by atoms with E-state index in [1.54, 1.807) is 0 Å². The molecule has 2 aromatic heterocycles. The second-order valence-corrected chi connectivity index (χ2v) is 8.78. The van der Waals surface area contributed by atoms with Crippen LogP contribution in [0, 0.1) is 0 Å². The molecule has 152 valence electrons. The van der Waals surface area contributed by atoms with Crippen molar-refractivity contribution in [2.45, 2.75) is 5.16 Å². The van der Waals surface area contributed by atoms with Gasteiger partial charge in [-0.3, -0.25) is 9.36 Å². The summed E-state index contributed by atoms with van der Waals surface area (Å²) < 4.78 is 3.08. The fourth-order valence-electron chi connectivity index (χ4n) is 3.20. The zero-order valence-corrected chi connectivity index (χ0v) is 18.1. The molecule has 0 radical (unpaired) electrons. The molecule has 3 aromatic carbocycles. The Morgan fingerprint density at radius 2 is 1.61 bits per heavy atom. The molecule has 5 rings (SSSR count). The average Bonchev–Trinajstić information content (AvgIpc) is 3.42. The predicted molar refractivity (Wildman–Crippen MR) is 128 cm³/mol. The largest absolute Gasteiger partial charge is 0.301 e. The standard InChI is InChI=1S/C24H18N4OS2/c29-22(27-23-25-19-13-7-8-14-21(19)31-23)16-30-24-26-20(17-9-3-1-4-10-17)15-28(24)18-11-5-2-6-12-18/h1-15H,16H2,(H,25,27,29). The van der Waals surface area contributed by atoms with Crippen LogP contribution in [0.2, 0.25) is 0 Å². The van der Waals surface area contributed by atoms with Crippen LogP contribution in [0.1, 0.15) is 0 Å². The van der Waals surface area contributed by atoms with E-state index in [-0.39, 0.29) is 11.7 Å². The number of benzene rings is 3. The van der Waals surface area contributed by atoms with E-state index < -0.39 is 0 Å². The maximum Gasteiger partial charge on any atom is 0.236 e. The molecule has 31 heavy (non-hydrogen) atoms. The van der Waals surface area contributed by atoms with Gasteiger partial charge >= 0.3 is 0 Å². The van der Waals surface area contributed by atoms with Crippen molar-refractivity contribution in [3.8, 4) is 16.9 Å². The quantitative estimate of drug-likeness (QED) is 0.334. The van der Waals surface area contributed by atoms with Crippen LogP contribution in [0.4, 0.5) is 5.13 Å². The molecule has 0 unspecified atom stereocenters. The number of imidazole rings is 1. The average molecular weight is 443 g/mol. The van der Waals surface area contributed by atoms with Gasteiger partial charge in [-0.15, -0.1) is 0 Å². The summed E-state index contributed by atoms with van der Waals surface area (Å²) in [5.41, 5.74) is 3.81. The number of thioether (sulfide) groups is 1. The van der Waals surface area contributed by atoms with E-state index in [2.05, 4.69) is 10.3 Å². The Kier molecular flexibility index (Phi) is 5.52. The summed E-state index contributed by atoms with van der Waals surface area (Å²) in [6.07, 6.45) is 2.01. The molecule has 0 saturated heterocycles. The minimum absolute atomic E-state index is 0.104. The number of thiazole rings is 1. The normalized spacial score (nSPS) is 11.0. The molecule has 5 aromatic rings. The van der Waals surface area contributed by atoms with E-state index >= 15 is 0 Å². The molecule has 0 aliphatic carbocycles. The summed E-state index contributed by atoms with van der Waals surface area (Å²) in [6, 6.07) is 27.9. The summed E-state index contributed by atoms with van der Waals surface area (Å²) in [5.74, 6) is 0.140. The second-order valence-electron chi connectivity index (χ2n) is 6.80. The van der Waals surface area contributed by atoms with Gasteiger partial charge in [0, 0.05) is 17.4 Å². The van der Waals surface area contributed by atoms with E-state index in [1.165, 1.54) is 23.1 Å². The number of carbonyl (C=O) groups excluding carboxylic acids is 1.